The van der Waals surface area contributed by atoms with E-state index in [9.17, 15) is 14.3 Å². The Hall–Kier alpha value is -2.75. The van der Waals surface area contributed by atoms with Gasteiger partial charge in [0, 0.05) is 29.9 Å². The van der Waals surface area contributed by atoms with Crippen molar-refractivity contribution < 1.29 is 19.0 Å². The molecule has 29 heavy (non-hydrogen) atoms. The maximum Gasteiger partial charge on any atom is 0.345 e. The molecule has 2 aromatic heterocycles. The van der Waals surface area contributed by atoms with Crippen molar-refractivity contribution in [3.63, 3.8) is 0 Å². The summed E-state index contributed by atoms with van der Waals surface area (Å²) in [6.07, 6.45) is 1.66. The number of nitrogens with one attached hydrogen (secondary N) is 1. The Balaban J connectivity index is 1.70. The molecular weight excluding hydrogens is 419 g/mol. The van der Waals surface area contributed by atoms with Crippen LogP contribution >= 0.6 is 22.9 Å². The van der Waals surface area contributed by atoms with Gasteiger partial charge in [0.15, 0.2) is 0 Å². The number of hydrogen-bond donors (Lipinski definition) is 2. The monoisotopic (exact) mass is 434 g/mol. The average molecular weight is 435 g/mol. The van der Waals surface area contributed by atoms with Crippen molar-refractivity contribution in [2.45, 2.75) is 0 Å². The second-order valence-electron chi connectivity index (χ2n) is 6.25. The minimum atomic E-state index is -0.971. The van der Waals surface area contributed by atoms with Crippen LogP contribution in [0.3, 0.4) is 0 Å². The van der Waals surface area contributed by atoms with Crippen LogP contribution in [0.15, 0.2) is 36.5 Å². The number of ether oxygens (including phenoxy) is 1. The highest BCUT2D eigenvalue weighted by Crippen LogP contribution is 2.35. The van der Waals surface area contributed by atoms with Crippen LogP contribution in [0.25, 0.3) is 10.4 Å². The van der Waals surface area contributed by atoms with Gasteiger partial charge in [-0.15, -0.1) is 11.3 Å². The van der Waals surface area contributed by atoms with E-state index in [0.29, 0.717) is 43.8 Å². The third-order valence-electron chi connectivity index (χ3n) is 4.34. The summed E-state index contributed by atoms with van der Waals surface area (Å²) in [5.74, 6) is -0.471. The number of carboxylic acids is 1. The second-order valence-corrected chi connectivity index (χ2v) is 7.74. The summed E-state index contributed by atoms with van der Waals surface area (Å²) in [6.45, 7) is 2.46. The predicted molar refractivity (Wildman–Crippen MR) is 110 cm³/mol. The summed E-state index contributed by atoms with van der Waals surface area (Å²) in [5, 5.41) is 12.2. The molecule has 1 aromatic carbocycles. The standard InChI is InChI=1S/C19H16ClFN4O3S/c20-13-9-11(1-2-14(13)21)23-19-22-10-12(15-3-4-16(29-15)18(26)27)17(24-19)25-5-7-28-8-6-25/h1-4,9-10H,5-8H2,(H,26,27)(H,22,23,24). The van der Waals surface area contributed by atoms with E-state index in [1.165, 1.54) is 23.5 Å². The molecule has 0 bridgehead atoms. The van der Waals surface area contributed by atoms with Gasteiger partial charge in [0.25, 0.3) is 0 Å². The largest absolute Gasteiger partial charge is 0.477 e. The molecule has 0 radical (unpaired) electrons. The second kappa shape index (κ2) is 8.32. The van der Waals surface area contributed by atoms with E-state index in [1.54, 1.807) is 24.4 Å². The van der Waals surface area contributed by atoms with Gasteiger partial charge in [-0.25, -0.2) is 14.2 Å². The zero-order valence-corrected chi connectivity index (χ0v) is 16.6. The Morgan fingerprint density at radius 3 is 2.76 bits per heavy atom. The summed E-state index contributed by atoms with van der Waals surface area (Å²) < 4.78 is 18.8. The normalized spacial score (nSPS) is 14.1. The number of nitrogens with zero attached hydrogens (tertiary/aromatic N) is 3. The highest BCUT2D eigenvalue weighted by molar-refractivity contribution is 7.17. The highest BCUT2D eigenvalue weighted by Gasteiger charge is 2.21. The number of thiophene rings is 1. The van der Waals surface area contributed by atoms with Crippen molar-refractivity contribution in [1.29, 1.82) is 0 Å². The van der Waals surface area contributed by atoms with Gasteiger partial charge in [0.05, 0.1) is 23.8 Å². The van der Waals surface area contributed by atoms with Crippen molar-refractivity contribution in [1.82, 2.24) is 9.97 Å². The lowest BCUT2D eigenvalue weighted by molar-refractivity contribution is 0.0702. The van der Waals surface area contributed by atoms with E-state index in [1.807, 2.05) is 0 Å². The fraction of sp³-hybridized carbons (Fsp3) is 0.211. The van der Waals surface area contributed by atoms with Crippen LogP contribution in [0, 0.1) is 5.82 Å². The van der Waals surface area contributed by atoms with Crippen LogP contribution < -0.4 is 10.2 Å². The van der Waals surface area contributed by atoms with Crippen molar-refractivity contribution in [3.05, 3.63) is 52.2 Å². The Labute approximate surface area is 174 Å². The summed E-state index contributed by atoms with van der Waals surface area (Å²) in [5.41, 5.74) is 1.30. The lowest BCUT2D eigenvalue weighted by Crippen LogP contribution is -2.37. The summed E-state index contributed by atoms with van der Waals surface area (Å²) in [4.78, 5) is 23.3. The smallest absolute Gasteiger partial charge is 0.345 e. The maximum absolute atomic E-state index is 13.4. The topological polar surface area (TPSA) is 87.6 Å². The lowest BCUT2D eigenvalue weighted by atomic mass is 10.2. The zero-order chi connectivity index (χ0) is 20.4. The van der Waals surface area contributed by atoms with Gasteiger partial charge >= 0.3 is 5.97 Å². The Morgan fingerprint density at radius 1 is 1.28 bits per heavy atom. The van der Waals surface area contributed by atoms with E-state index >= 15 is 0 Å². The van der Waals surface area contributed by atoms with Gasteiger partial charge in [-0.05, 0) is 30.3 Å². The first-order valence-corrected chi connectivity index (χ1v) is 9.96. The van der Waals surface area contributed by atoms with Crippen molar-refractivity contribution >= 4 is 46.4 Å². The van der Waals surface area contributed by atoms with Gasteiger partial charge in [0.2, 0.25) is 5.95 Å². The van der Waals surface area contributed by atoms with Crippen LogP contribution in [0.5, 0.6) is 0 Å². The van der Waals surface area contributed by atoms with Crippen LogP contribution in [0.2, 0.25) is 5.02 Å². The minimum Gasteiger partial charge on any atom is -0.477 e. The van der Waals surface area contributed by atoms with E-state index in [4.69, 9.17) is 16.3 Å². The number of rotatable bonds is 5. The van der Waals surface area contributed by atoms with E-state index in [0.717, 1.165) is 10.4 Å². The van der Waals surface area contributed by atoms with Gasteiger partial charge in [-0.3, -0.25) is 0 Å². The molecule has 3 aromatic rings. The third-order valence-corrected chi connectivity index (χ3v) is 5.73. The number of benzene rings is 1. The van der Waals surface area contributed by atoms with E-state index in [-0.39, 0.29) is 9.90 Å². The Bertz CT molecular complexity index is 1060. The Morgan fingerprint density at radius 2 is 2.07 bits per heavy atom. The fourth-order valence-corrected chi connectivity index (χ4v) is 3.95. The van der Waals surface area contributed by atoms with Gasteiger partial charge in [0.1, 0.15) is 16.5 Å². The van der Waals surface area contributed by atoms with Crippen LogP contribution in [0.1, 0.15) is 9.67 Å². The predicted octanol–water partition coefficient (Wildman–Crippen LogP) is 4.28. The first kappa shape index (κ1) is 19.6. The van der Waals surface area contributed by atoms with Gasteiger partial charge in [-0.2, -0.15) is 4.98 Å². The average Bonchev–Trinajstić information content (AvgIpc) is 3.22. The van der Waals surface area contributed by atoms with Gasteiger partial charge in [-0.1, -0.05) is 11.6 Å². The summed E-state index contributed by atoms with van der Waals surface area (Å²) in [7, 11) is 0. The first-order valence-electron chi connectivity index (χ1n) is 8.76. The number of carboxylic acid groups (broad SMARTS) is 1. The van der Waals surface area contributed by atoms with E-state index < -0.39 is 11.8 Å². The quantitative estimate of drug-likeness (QED) is 0.619. The molecule has 1 aliphatic rings. The van der Waals surface area contributed by atoms with Gasteiger partial charge < -0.3 is 20.1 Å². The van der Waals surface area contributed by atoms with E-state index in [2.05, 4.69) is 20.2 Å². The molecule has 150 valence electrons. The first-order chi connectivity index (χ1) is 14.0. The van der Waals surface area contributed by atoms with Crippen molar-refractivity contribution in [3.8, 4) is 10.4 Å². The number of hydrogen-bond acceptors (Lipinski definition) is 7. The maximum atomic E-state index is 13.4. The number of aromatic carboxylic acids is 1. The fourth-order valence-electron chi connectivity index (χ4n) is 2.92. The number of halogens is 2. The molecule has 1 saturated heterocycles. The minimum absolute atomic E-state index is 0.000177. The molecule has 0 atom stereocenters. The van der Waals surface area contributed by atoms with Crippen LogP contribution in [-0.4, -0.2) is 47.3 Å². The molecule has 7 nitrogen and oxygen atoms in total. The molecular formula is C19H16ClFN4O3S. The van der Waals surface area contributed by atoms with Crippen LogP contribution in [-0.2, 0) is 4.74 Å². The molecule has 0 amide bonds. The molecule has 1 aliphatic heterocycles. The number of morpholine rings is 1. The Kier molecular flexibility index (Phi) is 5.61. The molecule has 2 N–H and O–H groups in total. The van der Waals surface area contributed by atoms with Crippen molar-refractivity contribution in [2.75, 3.05) is 36.5 Å². The summed E-state index contributed by atoms with van der Waals surface area (Å²) in [6, 6.07) is 7.59. The van der Waals surface area contributed by atoms with Crippen LogP contribution in [0.4, 0.5) is 21.8 Å². The molecule has 0 aliphatic carbocycles. The third kappa shape index (κ3) is 4.31. The zero-order valence-electron chi connectivity index (χ0n) is 15.1. The lowest BCUT2D eigenvalue weighted by Gasteiger charge is -2.29. The molecule has 3 heterocycles. The van der Waals surface area contributed by atoms with Crippen molar-refractivity contribution in [2.24, 2.45) is 0 Å². The molecule has 1 fully saturated rings. The molecule has 0 unspecified atom stereocenters. The summed E-state index contributed by atoms with van der Waals surface area (Å²) >= 11 is 7.01. The molecule has 0 saturated carbocycles. The highest BCUT2D eigenvalue weighted by atomic mass is 35.5. The molecule has 10 heteroatoms. The number of aromatic nitrogens is 2. The number of anilines is 3. The molecule has 0 spiro atoms. The molecule has 4 rings (SSSR count). The number of carbonyl (C=O) groups is 1. The SMILES string of the molecule is O=C(O)c1ccc(-c2cnc(Nc3ccc(F)c(Cl)c3)nc2N2CCOCC2)s1.